The summed E-state index contributed by atoms with van der Waals surface area (Å²) < 4.78 is 28.9. The van der Waals surface area contributed by atoms with Crippen molar-refractivity contribution in [2.45, 2.75) is 40.7 Å². The molecule has 1 rings (SSSR count). The largest absolute Gasteiger partial charge is 0.466 e. The second kappa shape index (κ2) is 6.43. The third kappa shape index (κ3) is 5.00. The van der Waals surface area contributed by atoms with Crippen LogP contribution in [-0.4, -0.2) is 25.8 Å². The van der Waals surface area contributed by atoms with E-state index in [1.54, 1.807) is 0 Å². The molecule has 6 heteroatoms. The van der Waals surface area contributed by atoms with Gasteiger partial charge in [-0.05, 0) is 32.8 Å². The maximum atomic E-state index is 11.8. The summed E-state index contributed by atoms with van der Waals surface area (Å²) in [5.41, 5.74) is 0.872. The van der Waals surface area contributed by atoms with Crippen LogP contribution in [0.1, 0.15) is 43.9 Å². The zero-order chi connectivity index (χ0) is 15.5. The van der Waals surface area contributed by atoms with Gasteiger partial charge in [0, 0.05) is 5.56 Å². The molecule has 1 heterocycles. The fraction of sp³-hybridized carbons (Fsp3) is 0.643. The Kier molecular flexibility index (Phi) is 5.39. The van der Waals surface area contributed by atoms with E-state index >= 15 is 0 Å². The van der Waals surface area contributed by atoms with Gasteiger partial charge in [-0.1, -0.05) is 13.8 Å². The van der Waals surface area contributed by atoms with E-state index in [1.807, 2.05) is 40.7 Å². The number of nitrogens with one attached hydrogen (secondary N) is 1. The fourth-order valence-corrected chi connectivity index (χ4v) is 3.82. The van der Waals surface area contributed by atoms with Crippen LogP contribution in [0.15, 0.2) is 10.5 Å². The van der Waals surface area contributed by atoms with Gasteiger partial charge >= 0.3 is 0 Å². The summed E-state index contributed by atoms with van der Waals surface area (Å²) in [6.45, 7) is 9.09. The van der Waals surface area contributed by atoms with Crippen molar-refractivity contribution in [3.8, 4) is 0 Å². The van der Waals surface area contributed by atoms with Crippen molar-refractivity contribution in [2.75, 3.05) is 11.5 Å². The topological polar surface area (TPSA) is 76.4 Å². The van der Waals surface area contributed by atoms with Gasteiger partial charge in [-0.15, -0.1) is 0 Å². The van der Waals surface area contributed by atoms with E-state index in [-0.39, 0.29) is 17.7 Å². The molecule has 1 atom stereocenters. The highest BCUT2D eigenvalue weighted by Crippen LogP contribution is 2.21. The molecule has 0 aliphatic heterocycles. The lowest BCUT2D eigenvalue weighted by Gasteiger charge is -2.13. The van der Waals surface area contributed by atoms with E-state index in [2.05, 4.69) is 5.32 Å². The molecular formula is C14H23NO4S. The predicted octanol–water partition coefficient (Wildman–Crippen LogP) is 2.14. The molecule has 0 fully saturated rings. The molecule has 1 unspecified atom stereocenters. The van der Waals surface area contributed by atoms with E-state index in [0.717, 1.165) is 17.1 Å². The Hall–Kier alpha value is -1.30. The van der Waals surface area contributed by atoms with Gasteiger partial charge in [-0.3, -0.25) is 4.79 Å². The number of hydrogen-bond acceptors (Lipinski definition) is 4. The van der Waals surface area contributed by atoms with Gasteiger partial charge in [-0.2, -0.15) is 0 Å². The normalized spacial score (nSPS) is 13.5. The van der Waals surface area contributed by atoms with E-state index in [1.165, 1.54) is 0 Å². The molecule has 1 aromatic rings. The minimum absolute atomic E-state index is 0.0176. The predicted molar refractivity (Wildman–Crippen MR) is 78.2 cm³/mol. The first-order chi connectivity index (χ1) is 9.10. The molecule has 1 aromatic heterocycles. The Morgan fingerprint density at radius 3 is 2.35 bits per heavy atom. The first-order valence-electron chi connectivity index (χ1n) is 6.67. The summed E-state index contributed by atoms with van der Waals surface area (Å²) in [6, 6.07) is 1.58. The molecule has 0 spiro atoms. The lowest BCUT2D eigenvalue weighted by molar-refractivity contribution is -0.119. The van der Waals surface area contributed by atoms with Gasteiger partial charge in [0.15, 0.2) is 9.84 Å². The summed E-state index contributed by atoms with van der Waals surface area (Å²) >= 11 is 0. The van der Waals surface area contributed by atoms with E-state index in [9.17, 15) is 13.2 Å². The van der Waals surface area contributed by atoms with Crippen molar-refractivity contribution in [3.05, 3.63) is 23.2 Å². The Labute approximate surface area is 120 Å². The fourth-order valence-electron chi connectivity index (χ4n) is 2.21. The van der Waals surface area contributed by atoms with Crippen LogP contribution in [0.25, 0.3) is 0 Å². The lowest BCUT2D eigenvalue weighted by Crippen LogP contribution is -2.33. The third-order valence-electron chi connectivity index (χ3n) is 2.86. The second-order valence-electron chi connectivity index (χ2n) is 5.61. The molecule has 1 amide bonds. The van der Waals surface area contributed by atoms with Crippen LogP contribution < -0.4 is 5.32 Å². The first-order valence-corrected chi connectivity index (χ1v) is 8.49. The van der Waals surface area contributed by atoms with Crippen LogP contribution in [-0.2, 0) is 14.6 Å². The van der Waals surface area contributed by atoms with Gasteiger partial charge < -0.3 is 9.73 Å². The average Bonchev–Trinajstić information content (AvgIpc) is 2.54. The molecule has 114 valence electrons. The van der Waals surface area contributed by atoms with Gasteiger partial charge in [0.05, 0.1) is 11.8 Å². The summed E-state index contributed by atoms with van der Waals surface area (Å²) in [5, 5.41) is 2.70. The first kappa shape index (κ1) is 16.8. The Morgan fingerprint density at radius 2 is 1.90 bits per heavy atom. The highest BCUT2D eigenvalue weighted by molar-refractivity contribution is 7.92. The SMILES string of the molecule is Cc1cc(C(C)NC(=O)CS(=O)(=O)CC(C)C)c(C)o1. The van der Waals surface area contributed by atoms with Crippen molar-refractivity contribution in [1.29, 1.82) is 0 Å². The van der Waals surface area contributed by atoms with Crippen molar-refractivity contribution in [1.82, 2.24) is 5.32 Å². The van der Waals surface area contributed by atoms with E-state index in [4.69, 9.17) is 4.42 Å². The van der Waals surface area contributed by atoms with Crippen molar-refractivity contribution in [2.24, 2.45) is 5.92 Å². The number of hydrogen-bond donors (Lipinski definition) is 1. The van der Waals surface area contributed by atoms with Crippen LogP contribution >= 0.6 is 0 Å². The molecule has 0 saturated heterocycles. The van der Waals surface area contributed by atoms with Gasteiger partial charge in [0.1, 0.15) is 17.3 Å². The molecule has 1 N–H and O–H groups in total. The number of aryl methyl sites for hydroxylation is 2. The monoisotopic (exact) mass is 301 g/mol. The van der Waals surface area contributed by atoms with E-state index < -0.39 is 21.5 Å². The van der Waals surface area contributed by atoms with Crippen molar-refractivity contribution in [3.63, 3.8) is 0 Å². The smallest absolute Gasteiger partial charge is 0.235 e. The van der Waals surface area contributed by atoms with Crippen molar-refractivity contribution < 1.29 is 17.6 Å². The Balaban J connectivity index is 2.65. The Bertz CT molecular complexity index is 572. The highest BCUT2D eigenvalue weighted by Gasteiger charge is 2.21. The molecule has 0 saturated carbocycles. The molecule has 20 heavy (non-hydrogen) atoms. The summed E-state index contributed by atoms with van der Waals surface area (Å²) in [4.78, 5) is 11.8. The van der Waals surface area contributed by atoms with Crippen LogP contribution in [0, 0.1) is 19.8 Å². The quantitative estimate of drug-likeness (QED) is 0.873. The molecule has 0 bridgehead atoms. The zero-order valence-electron chi connectivity index (χ0n) is 12.7. The van der Waals surface area contributed by atoms with Crippen LogP contribution in [0.2, 0.25) is 0 Å². The second-order valence-corrected chi connectivity index (χ2v) is 7.72. The maximum Gasteiger partial charge on any atom is 0.235 e. The molecule has 0 radical (unpaired) electrons. The van der Waals surface area contributed by atoms with Crippen LogP contribution in [0.5, 0.6) is 0 Å². The van der Waals surface area contributed by atoms with Crippen LogP contribution in [0.3, 0.4) is 0 Å². The molecule has 0 aromatic carbocycles. The summed E-state index contributed by atoms with van der Waals surface area (Å²) in [5.74, 6) is 0.607. The summed E-state index contributed by atoms with van der Waals surface area (Å²) in [7, 11) is -3.35. The summed E-state index contributed by atoms with van der Waals surface area (Å²) in [6.07, 6.45) is 0. The van der Waals surface area contributed by atoms with Gasteiger partial charge in [-0.25, -0.2) is 8.42 Å². The van der Waals surface area contributed by atoms with Crippen LogP contribution in [0.4, 0.5) is 0 Å². The average molecular weight is 301 g/mol. The Morgan fingerprint density at radius 1 is 1.30 bits per heavy atom. The zero-order valence-corrected chi connectivity index (χ0v) is 13.5. The maximum absolute atomic E-state index is 11.8. The number of sulfone groups is 1. The number of amides is 1. The lowest BCUT2D eigenvalue weighted by atomic mass is 10.1. The molecule has 5 nitrogen and oxygen atoms in total. The minimum atomic E-state index is -3.35. The molecular weight excluding hydrogens is 278 g/mol. The highest BCUT2D eigenvalue weighted by atomic mass is 32.2. The standard InChI is InChI=1S/C14H23NO4S/c1-9(2)7-20(17,18)8-14(16)15-11(4)13-6-10(3)19-12(13)5/h6,9,11H,7-8H2,1-5H3,(H,15,16). The number of rotatable bonds is 6. The van der Waals surface area contributed by atoms with E-state index in [0.29, 0.717) is 0 Å². The number of carbonyl (C=O) groups is 1. The van der Waals surface area contributed by atoms with Crippen molar-refractivity contribution >= 4 is 15.7 Å². The number of furan rings is 1. The third-order valence-corrected chi connectivity index (χ3v) is 4.74. The molecule has 0 aliphatic carbocycles. The number of carbonyl (C=O) groups excluding carboxylic acids is 1. The van der Waals surface area contributed by atoms with Gasteiger partial charge in [0.25, 0.3) is 0 Å². The van der Waals surface area contributed by atoms with Gasteiger partial charge in [0.2, 0.25) is 5.91 Å². The minimum Gasteiger partial charge on any atom is -0.466 e. The molecule has 0 aliphatic rings.